The van der Waals surface area contributed by atoms with E-state index in [1.807, 2.05) is 36.4 Å². The average molecular weight is 418 g/mol. The van der Waals surface area contributed by atoms with Crippen molar-refractivity contribution >= 4 is 10.8 Å². The van der Waals surface area contributed by atoms with Gasteiger partial charge in [0.25, 0.3) is 0 Å². The van der Waals surface area contributed by atoms with Crippen LogP contribution in [0, 0.1) is 17.2 Å². The van der Waals surface area contributed by atoms with E-state index in [9.17, 15) is 0 Å². The van der Waals surface area contributed by atoms with E-state index in [1.165, 1.54) is 12.8 Å². The minimum atomic E-state index is -1.23. The van der Waals surface area contributed by atoms with E-state index in [-0.39, 0.29) is 0 Å². The monoisotopic (exact) mass is 417 g/mol. The Kier molecular flexibility index (Phi) is 6.66. The number of nitrogens with zero attached hydrogens (tertiary/aromatic N) is 1. The van der Waals surface area contributed by atoms with Crippen molar-refractivity contribution in [2.45, 2.75) is 64.2 Å². The molecule has 0 aromatic heterocycles. The average Bonchev–Trinajstić information content (AvgIpc) is 2.80. The third-order valence-corrected chi connectivity index (χ3v) is 6.69. The van der Waals surface area contributed by atoms with Crippen LogP contribution in [0.3, 0.4) is 0 Å². The summed E-state index contributed by atoms with van der Waals surface area (Å²) in [6, 6.07) is 19.5. The van der Waals surface area contributed by atoms with E-state index in [0.717, 1.165) is 46.7 Å². The van der Waals surface area contributed by atoms with Crippen LogP contribution in [-0.4, -0.2) is 6.17 Å². The summed E-state index contributed by atoms with van der Waals surface area (Å²) in [6.07, 6.45) is 4.06. The Morgan fingerprint density at radius 3 is 2.39 bits per heavy atom. The van der Waals surface area contributed by atoms with Crippen LogP contribution >= 0.6 is 0 Å². The molecule has 1 aliphatic rings. The second kappa shape index (κ2) is 9.60. The molecule has 1 nitrogen and oxygen atoms in total. The normalized spacial score (nSPS) is 20.4. The number of unbranched alkanes of at least 4 members (excludes halogenated alkanes) is 4. The third kappa shape index (κ3) is 4.49. The van der Waals surface area contributed by atoms with Crippen LogP contribution in [0.5, 0.6) is 0 Å². The van der Waals surface area contributed by atoms with Crippen LogP contribution in [0.2, 0.25) is 0 Å². The van der Waals surface area contributed by atoms with Gasteiger partial charge in [-0.3, -0.25) is 0 Å². The number of alkyl halides is 2. The van der Waals surface area contributed by atoms with Crippen molar-refractivity contribution in [3.63, 3.8) is 0 Å². The molecule has 3 atom stereocenters. The van der Waals surface area contributed by atoms with Crippen molar-refractivity contribution < 1.29 is 8.78 Å². The summed E-state index contributed by atoms with van der Waals surface area (Å²) in [5.74, 6) is -0.524. The molecule has 0 radical (unpaired) electrons. The topological polar surface area (TPSA) is 23.8 Å². The Morgan fingerprint density at radius 1 is 0.903 bits per heavy atom. The Morgan fingerprint density at radius 2 is 1.65 bits per heavy atom. The first-order valence-corrected chi connectivity index (χ1v) is 11.5. The molecule has 0 spiro atoms. The molecule has 0 N–H and O–H groups in total. The molecule has 0 amide bonds. The Labute approximate surface area is 183 Å². The molecule has 31 heavy (non-hydrogen) atoms. The van der Waals surface area contributed by atoms with Crippen molar-refractivity contribution in [1.29, 1.82) is 5.26 Å². The van der Waals surface area contributed by atoms with E-state index in [4.69, 9.17) is 5.26 Å². The predicted octanol–water partition coefficient (Wildman–Crippen LogP) is 8.26. The minimum absolute atomic E-state index is 0.295. The molecule has 3 aromatic carbocycles. The third-order valence-electron chi connectivity index (χ3n) is 6.69. The highest BCUT2D eigenvalue weighted by Crippen LogP contribution is 2.44. The van der Waals surface area contributed by atoms with E-state index >= 15 is 8.78 Å². The van der Waals surface area contributed by atoms with E-state index < -0.39 is 18.3 Å². The zero-order chi connectivity index (χ0) is 21.8. The number of nitriles is 1. The summed E-state index contributed by atoms with van der Waals surface area (Å²) in [4.78, 5) is 0. The lowest BCUT2D eigenvalue weighted by Gasteiger charge is -2.32. The molecule has 160 valence electrons. The molecule has 0 aliphatic heterocycles. The van der Waals surface area contributed by atoms with Gasteiger partial charge in [-0.1, -0.05) is 75.4 Å². The molecule has 4 rings (SSSR count). The first-order valence-electron chi connectivity index (χ1n) is 11.5. The minimum Gasteiger partial charge on any atom is -0.247 e. The van der Waals surface area contributed by atoms with Gasteiger partial charge in [0.15, 0.2) is 0 Å². The summed E-state index contributed by atoms with van der Waals surface area (Å²) in [5, 5.41) is 10.9. The number of rotatable bonds is 7. The summed E-state index contributed by atoms with van der Waals surface area (Å²) in [7, 11) is 0. The molecule has 1 unspecified atom stereocenters. The fraction of sp³-hybridized carbons (Fsp3) is 0.393. The molecular formula is C28H29F2N. The van der Waals surface area contributed by atoms with Gasteiger partial charge in [-0.25, -0.2) is 8.78 Å². The lowest BCUT2D eigenvalue weighted by molar-refractivity contribution is 0.101. The maximum atomic E-state index is 15.3. The fourth-order valence-electron chi connectivity index (χ4n) is 4.89. The van der Waals surface area contributed by atoms with Crippen LogP contribution < -0.4 is 0 Å². The molecule has 1 aliphatic carbocycles. The standard InChI is InChI=1S/C28H29F2N/c1-2-3-4-5-6-7-25-27(29)17-26-23-14-12-21(20-10-8-19(18-31)9-11-20)16-22(23)13-15-24(26)28(25)30/h8-16,25,27-28H,2-7,17H2,1H3/t25-,27+,28?/m1/s1. The summed E-state index contributed by atoms with van der Waals surface area (Å²) in [5.41, 5.74) is 4.18. The molecule has 0 saturated heterocycles. The van der Waals surface area contributed by atoms with Crippen molar-refractivity contribution in [1.82, 2.24) is 0 Å². The lowest BCUT2D eigenvalue weighted by atomic mass is 9.77. The van der Waals surface area contributed by atoms with Crippen molar-refractivity contribution in [2.24, 2.45) is 5.92 Å². The Hall–Kier alpha value is -2.73. The van der Waals surface area contributed by atoms with Gasteiger partial charge in [-0.05, 0) is 57.6 Å². The molecule has 0 saturated carbocycles. The lowest BCUT2D eigenvalue weighted by Crippen LogP contribution is -2.29. The summed E-state index contributed by atoms with van der Waals surface area (Å²) < 4.78 is 30.4. The van der Waals surface area contributed by atoms with Crippen molar-refractivity contribution in [2.75, 3.05) is 0 Å². The van der Waals surface area contributed by atoms with Crippen LogP contribution in [0.15, 0.2) is 54.6 Å². The van der Waals surface area contributed by atoms with Gasteiger partial charge < -0.3 is 0 Å². The number of benzene rings is 3. The van der Waals surface area contributed by atoms with Gasteiger partial charge >= 0.3 is 0 Å². The maximum Gasteiger partial charge on any atom is 0.131 e. The molecule has 0 heterocycles. The number of hydrogen-bond donors (Lipinski definition) is 0. The Bertz CT molecular complexity index is 1080. The fourth-order valence-corrected chi connectivity index (χ4v) is 4.89. The van der Waals surface area contributed by atoms with Crippen molar-refractivity contribution in [3.05, 3.63) is 71.3 Å². The highest BCUT2D eigenvalue weighted by Gasteiger charge is 2.37. The van der Waals surface area contributed by atoms with Gasteiger partial charge in [0.05, 0.1) is 11.6 Å². The first kappa shape index (κ1) is 21.5. The van der Waals surface area contributed by atoms with Crippen LogP contribution in [0.4, 0.5) is 8.78 Å². The van der Waals surface area contributed by atoms with Crippen molar-refractivity contribution in [3.8, 4) is 17.2 Å². The van der Waals surface area contributed by atoms with E-state index in [0.29, 0.717) is 24.0 Å². The smallest absolute Gasteiger partial charge is 0.131 e. The number of fused-ring (bicyclic) bond motifs is 3. The Balaban J connectivity index is 1.58. The number of hydrogen-bond acceptors (Lipinski definition) is 1. The van der Waals surface area contributed by atoms with Gasteiger partial charge in [0.1, 0.15) is 12.3 Å². The van der Waals surface area contributed by atoms with Crippen LogP contribution in [0.1, 0.15) is 68.3 Å². The van der Waals surface area contributed by atoms with Gasteiger partial charge in [-0.15, -0.1) is 0 Å². The quantitative estimate of drug-likeness (QED) is 0.355. The summed E-state index contributed by atoms with van der Waals surface area (Å²) in [6.45, 7) is 2.17. The molecule has 0 fully saturated rings. The van der Waals surface area contributed by atoms with Crippen LogP contribution in [-0.2, 0) is 6.42 Å². The van der Waals surface area contributed by atoms with Crippen LogP contribution in [0.25, 0.3) is 21.9 Å². The second-order valence-corrected chi connectivity index (χ2v) is 8.75. The van der Waals surface area contributed by atoms with E-state index in [2.05, 4.69) is 19.1 Å². The highest BCUT2D eigenvalue weighted by atomic mass is 19.1. The first-order chi connectivity index (χ1) is 15.1. The summed E-state index contributed by atoms with van der Waals surface area (Å²) >= 11 is 0. The SMILES string of the molecule is CCCCCCC[C@H]1C(F)c2ccc3cc(-c4ccc(C#N)cc4)ccc3c2C[C@@H]1F. The largest absolute Gasteiger partial charge is 0.247 e. The predicted molar refractivity (Wildman–Crippen MR) is 123 cm³/mol. The van der Waals surface area contributed by atoms with E-state index in [1.54, 1.807) is 12.1 Å². The second-order valence-electron chi connectivity index (χ2n) is 8.75. The van der Waals surface area contributed by atoms with Gasteiger partial charge in [0, 0.05) is 12.3 Å². The zero-order valence-corrected chi connectivity index (χ0v) is 18.1. The number of halogens is 2. The maximum absolute atomic E-state index is 15.3. The van der Waals surface area contributed by atoms with Gasteiger partial charge in [-0.2, -0.15) is 5.26 Å². The molecule has 0 bridgehead atoms. The molecule has 3 heteroatoms. The zero-order valence-electron chi connectivity index (χ0n) is 18.1. The molecule has 3 aromatic rings. The van der Waals surface area contributed by atoms with Gasteiger partial charge in [0.2, 0.25) is 0 Å². The molecular weight excluding hydrogens is 388 g/mol. The highest BCUT2D eigenvalue weighted by molar-refractivity contribution is 5.91.